The molecule has 0 atom stereocenters. The summed E-state index contributed by atoms with van der Waals surface area (Å²) in [5.74, 6) is -3.95. The number of phenols is 4. The van der Waals surface area contributed by atoms with E-state index < -0.39 is 23.3 Å². The van der Waals surface area contributed by atoms with E-state index in [4.69, 9.17) is 25.5 Å². The van der Waals surface area contributed by atoms with Crippen LogP contribution in [0.25, 0.3) is 0 Å². The van der Waals surface area contributed by atoms with E-state index in [1.807, 2.05) is 0 Å². The zero-order valence-electron chi connectivity index (χ0n) is 12.4. The van der Waals surface area contributed by atoms with Crippen LogP contribution >= 0.6 is 0 Å². The van der Waals surface area contributed by atoms with Crippen LogP contribution < -0.4 is 34.7 Å². The largest absolute Gasteiger partial charge is 1.00 e. The first kappa shape index (κ1) is 23.8. The molecule has 2 aromatic rings. The average Bonchev–Trinajstić information content (AvgIpc) is 2.44. The normalized spacial score (nSPS) is 8.67. The molecule has 0 aliphatic carbocycles. The molecular formula is C14H13NaO9. The Balaban J connectivity index is 0. The van der Waals surface area contributed by atoms with Crippen molar-refractivity contribution in [3.8, 4) is 23.0 Å². The summed E-state index contributed by atoms with van der Waals surface area (Å²) in [4.78, 5) is 20.5. The molecule has 0 amide bonds. The topological polar surface area (TPSA) is 190 Å². The number of hydrogen-bond donors (Lipinski definition) is 5. The van der Waals surface area contributed by atoms with Gasteiger partial charge in [-0.05, 0) is 36.4 Å². The number of aromatic hydroxyl groups is 4. The third-order valence-corrected chi connectivity index (χ3v) is 2.41. The van der Waals surface area contributed by atoms with Gasteiger partial charge in [-0.3, -0.25) is 0 Å². The van der Waals surface area contributed by atoms with Crippen molar-refractivity contribution in [1.29, 1.82) is 0 Å². The quantitative estimate of drug-likeness (QED) is 0.272. The van der Waals surface area contributed by atoms with Gasteiger partial charge in [-0.1, -0.05) is 0 Å². The van der Waals surface area contributed by atoms with Crippen LogP contribution in [-0.4, -0.2) is 42.9 Å². The first-order valence-electron chi connectivity index (χ1n) is 5.71. The molecular weight excluding hydrogens is 335 g/mol. The molecule has 7 N–H and O–H groups in total. The molecule has 24 heavy (non-hydrogen) atoms. The Kier molecular flexibility index (Phi) is 10.3. The van der Waals surface area contributed by atoms with Crippen molar-refractivity contribution in [3.05, 3.63) is 47.5 Å². The summed E-state index contributed by atoms with van der Waals surface area (Å²) < 4.78 is 0. The Hall–Kier alpha value is -2.46. The third kappa shape index (κ3) is 6.75. The predicted molar refractivity (Wildman–Crippen MR) is 74.4 cm³/mol. The van der Waals surface area contributed by atoms with E-state index >= 15 is 0 Å². The van der Waals surface area contributed by atoms with Crippen molar-refractivity contribution in [1.82, 2.24) is 0 Å². The van der Waals surface area contributed by atoms with Gasteiger partial charge in [0.1, 0.15) is 28.6 Å². The minimum Gasteiger partial charge on any atom is -0.545 e. The van der Waals surface area contributed by atoms with Gasteiger partial charge in [-0.25, -0.2) is 4.79 Å². The number of rotatable bonds is 2. The second kappa shape index (κ2) is 10.3. The van der Waals surface area contributed by atoms with Crippen LogP contribution in [0.2, 0.25) is 0 Å². The molecule has 0 aliphatic rings. The Morgan fingerprint density at radius 1 is 0.792 bits per heavy atom. The van der Waals surface area contributed by atoms with Crippen LogP contribution in [0.15, 0.2) is 36.4 Å². The number of carboxylic acids is 2. The van der Waals surface area contributed by atoms with Crippen molar-refractivity contribution >= 4 is 11.9 Å². The first-order chi connectivity index (χ1) is 10.2. The van der Waals surface area contributed by atoms with Crippen LogP contribution in [0, 0.1) is 0 Å². The van der Waals surface area contributed by atoms with Gasteiger partial charge in [0.15, 0.2) is 0 Å². The van der Waals surface area contributed by atoms with E-state index in [1.165, 1.54) is 12.1 Å². The van der Waals surface area contributed by atoms with Gasteiger partial charge < -0.3 is 40.9 Å². The van der Waals surface area contributed by atoms with Gasteiger partial charge in [0, 0.05) is 5.56 Å². The zero-order chi connectivity index (χ0) is 16.9. The smallest absolute Gasteiger partial charge is 0.545 e. The molecule has 2 aromatic carbocycles. The summed E-state index contributed by atoms with van der Waals surface area (Å²) in [6.45, 7) is 0. The molecule has 0 aliphatic heterocycles. The summed E-state index contributed by atoms with van der Waals surface area (Å²) >= 11 is 0. The molecule has 0 unspecified atom stereocenters. The van der Waals surface area contributed by atoms with Crippen molar-refractivity contribution in [2.24, 2.45) is 0 Å². The summed E-state index contributed by atoms with van der Waals surface area (Å²) in [6, 6.07) is 6.51. The zero-order valence-corrected chi connectivity index (χ0v) is 14.4. The average molecular weight is 348 g/mol. The van der Waals surface area contributed by atoms with E-state index in [1.54, 1.807) is 0 Å². The van der Waals surface area contributed by atoms with Crippen LogP contribution in [0.4, 0.5) is 0 Å². The van der Waals surface area contributed by atoms with Gasteiger partial charge in [0.2, 0.25) is 0 Å². The maximum absolute atomic E-state index is 10.3. The number of aromatic carboxylic acids is 2. The van der Waals surface area contributed by atoms with Crippen LogP contribution in [0.5, 0.6) is 23.0 Å². The van der Waals surface area contributed by atoms with E-state index in [9.17, 15) is 14.7 Å². The number of hydrogen-bond acceptors (Lipinski definition) is 7. The SMILES string of the molecule is O.O=C(O)c1cc(O)ccc1O.O=C([O-])c1cc(O)ccc1O.[Na+]. The van der Waals surface area contributed by atoms with Crippen molar-refractivity contribution in [2.45, 2.75) is 0 Å². The Labute approximate surface area is 157 Å². The molecule has 0 aromatic heterocycles. The van der Waals surface area contributed by atoms with E-state index in [0.29, 0.717) is 0 Å². The molecule has 0 fully saturated rings. The number of carboxylic acid groups (broad SMARTS) is 2. The summed E-state index contributed by atoms with van der Waals surface area (Å²) in [6.07, 6.45) is 0. The van der Waals surface area contributed by atoms with Gasteiger partial charge in [-0.15, -0.1) is 0 Å². The Bertz CT molecular complexity index is 654. The van der Waals surface area contributed by atoms with Gasteiger partial charge in [-0.2, -0.15) is 0 Å². The maximum atomic E-state index is 10.3. The van der Waals surface area contributed by atoms with Crippen molar-refractivity contribution < 1.29 is 75.3 Å². The van der Waals surface area contributed by atoms with Gasteiger partial charge in [0.05, 0.1) is 5.97 Å². The standard InChI is InChI=1S/2C7H6O4.Na.H2O/c2*8-4-1-2-6(9)5(3-4)7(10)11;;/h2*1-3,8-9H,(H,10,11);;1H2/q;;+1;/p-1. The molecule has 9 nitrogen and oxygen atoms in total. The van der Waals surface area contributed by atoms with E-state index in [0.717, 1.165) is 24.3 Å². The third-order valence-electron chi connectivity index (χ3n) is 2.41. The number of carbonyl (C=O) groups excluding carboxylic acids is 1. The summed E-state index contributed by atoms with van der Waals surface area (Å²) in [7, 11) is 0. The fourth-order valence-electron chi connectivity index (χ4n) is 1.38. The fourth-order valence-corrected chi connectivity index (χ4v) is 1.38. The van der Waals surface area contributed by atoms with Crippen molar-refractivity contribution in [3.63, 3.8) is 0 Å². The molecule has 10 heteroatoms. The maximum Gasteiger partial charge on any atom is 1.00 e. The number of benzene rings is 2. The Morgan fingerprint density at radius 2 is 1.17 bits per heavy atom. The Morgan fingerprint density at radius 3 is 1.46 bits per heavy atom. The van der Waals surface area contributed by atoms with Crippen LogP contribution in [-0.2, 0) is 0 Å². The van der Waals surface area contributed by atoms with Crippen LogP contribution in [0.3, 0.4) is 0 Å². The van der Waals surface area contributed by atoms with Gasteiger partial charge in [0.25, 0.3) is 0 Å². The molecule has 124 valence electrons. The molecule has 0 saturated heterocycles. The molecule has 2 rings (SSSR count). The number of phenolic OH excluding ortho intramolecular Hbond substituents is 2. The minimum atomic E-state index is -1.52. The van der Waals surface area contributed by atoms with Gasteiger partial charge >= 0.3 is 35.5 Å². The minimum absolute atomic E-state index is 0. The summed E-state index contributed by atoms with van der Waals surface area (Å²) in [5.41, 5.74) is -0.713. The summed E-state index contributed by atoms with van der Waals surface area (Å²) in [5, 5.41) is 54.0. The second-order valence-electron chi connectivity index (χ2n) is 4.00. The number of carbonyl (C=O) groups is 2. The predicted octanol–water partition coefficient (Wildman–Crippen LogP) is -3.56. The second-order valence-corrected chi connectivity index (χ2v) is 4.00. The van der Waals surface area contributed by atoms with E-state index in [2.05, 4.69) is 0 Å². The molecule has 0 saturated carbocycles. The molecule has 0 bridgehead atoms. The van der Waals surface area contributed by atoms with E-state index in [-0.39, 0.29) is 57.8 Å². The van der Waals surface area contributed by atoms with Crippen LogP contribution in [0.1, 0.15) is 20.7 Å². The first-order valence-corrected chi connectivity index (χ1v) is 5.71. The molecule has 0 radical (unpaired) electrons. The molecule has 0 heterocycles. The monoisotopic (exact) mass is 348 g/mol. The fraction of sp³-hybridized carbons (Fsp3) is 0. The van der Waals surface area contributed by atoms with Crippen molar-refractivity contribution in [2.75, 3.05) is 0 Å². The molecule has 0 spiro atoms.